The molecule has 0 radical (unpaired) electrons. The molecular weight excluding hydrogens is 548 g/mol. The Bertz CT molecular complexity index is 1490. The Balaban J connectivity index is 1.93. The van der Waals surface area contributed by atoms with Gasteiger partial charge in [-0.05, 0) is 61.4 Å². The summed E-state index contributed by atoms with van der Waals surface area (Å²) in [5, 5.41) is 13.0. The third kappa shape index (κ3) is 5.55. The summed E-state index contributed by atoms with van der Waals surface area (Å²) in [7, 11) is -4.58. The van der Waals surface area contributed by atoms with Gasteiger partial charge in [-0.25, -0.2) is 13.4 Å². The van der Waals surface area contributed by atoms with Crippen LogP contribution in [-0.4, -0.2) is 24.6 Å². The molecule has 3 aromatic rings. The van der Waals surface area contributed by atoms with Gasteiger partial charge in [0.1, 0.15) is 5.82 Å². The number of nitrogens with zero attached hydrogens (tertiary/aromatic N) is 2. The molecule has 1 aliphatic heterocycles. The Labute approximate surface area is 221 Å². The van der Waals surface area contributed by atoms with Crippen molar-refractivity contribution in [2.75, 3.05) is 9.62 Å². The zero-order chi connectivity index (χ0) is 28.9. The molecule has 6 nitrogen and oxygen atoms in total. The molecule has 210 valence electrons. The zero-order valence-electron chi connectivity index (χ0n) is 21.0. The van der Waals surface area contributed by atoms with Crippen LogP contribution in [0.5, 0.6) is 0 Å². The maximum Gasteiger partial charge on any atom is 0.418 e. The van der Waals surface area contributed by atoms with Gasteiger partial charge in [-0.1, -0.05) is 19.9 Å². The highest BCUT2D eigenvalue weighted by Gasteiger charge is 2.38. The molecule has 2 N–H and O–H groups in total. The van der Waals surface area contributed by atoms with Gasteiger partial charge in [-0.3, -0.25) is 4.31 Å². The fourth-order valence-corrected chi connectivity index (χ4v) is 5.74. The standard InChI is InChI=1S/C26H25F6N3O3S/c1-4-21-20(26(30,31)32)11-17-13-35(39(37,38)19-8-6-18(7-9-19)25(27,28)29)23-12-16(14(2)15(3)36)5-10-22(23)34-24(17)33-21/h5-12,14-15,36H,4,13H2,1-3H3,(H,33,34). The van der Waals surface area contributed by atoms with Crippen molar-refractivity contribution >= 4 is 27.2 Å². The van der Waals surface area contributed by atoms with Crippen molar-refractivity contribution in [3.8, 4) is 0 Å². The minimum Gasteiger partial charge on any atom is -0.393 e. The second-order valence-corrected chi connectivity index (χ2v) is 11.2. The highest BCUT2D eigenvalue weighted by Crippen LogP contribution is 2.42. The van der Waals surface area contributed by atoms with Crippen LogP contribution < -0.4 is 9.62 Å². The van der Waals surface area contributed by atoms with Gasteiger partial charge in [-0.15, -0.1) is 0 Å². The molecule has 13 heteroatoms. The summed E-state index contributed by atoms with van der Waals surface area (Å²) < 4.78 is 109. The normalized spacial score (nSPS) is 15.6. The molecule has 39 heavy (non-hydrogen) atoms. The zero-order valence-corrected chi connectivity index (χ0v) is 21.8. The molecule has 0 saturated heterocycles. The Morgan fingerprint density at radius 1 is 1.00 bits per heavy atom. The number of sulfonamides is 1. The molecule has 2 unspecified atom stereocenters. The number of pyridine rings is 1. The van der Waals surface area contributed by atoms with Crippen LogP contribution in [0.4, 0.5) is 43.5 Å². The van der Waals surface area contributed by atoms with Crippen LogP contribution in [0.3, 0.4) is 0 Å². The predicted molar refractivity (Wildman–Crippen MR) is 133 cm³/mol. The van der Waals surface area contributed by atoms with E-state index in [-0.39, 0.29) is 34.9 Å². The van der Waals surface area contributed by atoms with E-state index in [0.29, 0.717) is 17.7 Å². The summed E-state index contributed by atoms with van der Waals surface area (Å²) >= 11 is 0. The van der Waals surface area contributed by atoms with E-state index in [4.69, 9.17) is 0 Å². The second-order valence-electron chi connectivity index (χ2n) is 9.31. The van der Waals surface area contributed by atoms with Gasteiger partial charge in [0.25, 0.3) is 10.0 Å². The maximum atomic E-state index is 13.8. The lowest BCUT2D eigenvalue weighted by atomic mass is 9.95. The number of aromatic nitrogens is 1. The summed E-state index contributed by atoms with van der Waals surface area (Å²) in [5.74, 6) is -0.402. The Morgan fingerprint density at radius 2 is 1.64 bits per heavy atom. The molecule has 0 spiro atoms. The highest BCUT2D eigenvalue weighted by atomic mass is 32.2. The van der Waals surface area contributed by atoms with E-state index in [9.17, 15) is 39.9 Å². The average molecular weight is 574 g/mol. The first kappa shape index (κ1) is 28.7. The summed E-state index contributed by atoms with van der Waals surface area (Å²) in [6, 6.07) is 8.35. The van der Waals surface area contributed by atoms with Gasteiger partial charge in [0.05, 0.1) is 45.7 Å². The van der Waals surface area contributed by atoms with E-state index in [1.165, 1.54) is 19.1 Å². The Hall–Kier alpha value is -3.32. The number of nitrogens with one attached hydrogen (secondary N) is 1. The van der Waals surface area contributed by atoms with Crippen molar-refractivity contribution in [1.29, 1.82) is 0 Å². The first-order chi connectivity index (χ1) is 18.0. The highest BCUT2D eigenvalue weighted by molar-refractivity contribution is 7.92. The first-order valence-corrected chi connectivity index (χ1v) is 13.4. The smallest absolute Gasteiger partial charge is 0.393 e. The molecule has 2 atom stereocenters. The third-order valence-corrected chi connectivity index (χ3v) is 8.47. The molecule has 1 aliphatic rings. The number of anilines is 3. The first-order valence-electron chi connectivity index (χ1n) is 11.9. The van der Waals surface area contributed by atoms with Crippen molar-refractivity contribution in [2.24, 2.45) is 0 Å². The lowest BCUT2D eigenvalue weighted by molar-refractivity contribution is -0.139. The molecule has 2 heterocycles. The van der Waals surface area contributed by atoms with Crippen LogP contribution in [0.1, 0.15) is 54.6 Å². The van der Waals surface area contributed by atoms with Gasteiger partial charge < -0.3 is 10.4 Å². The lowest BCUT2D eigenvalue weighted by Gasteiger charge is -2.26. The fraction of sp³-hybridized carbons (Fsp3) is 0.346. The molecule has 0 amide bonds. The predicted octanol–water partition coefficient (Wildman–Crippen LogP) is 6.62. The molecule has 1 aromatic heterocycles. The van der Waals surface area contributed by atoms with Crippen LogP contribution >= 0.6 is 0 Å². The molecular formula is C26H25F6N3O3S. The van der Waals surface area contributed by atoms with Crippen molar-refractivity contribution in [1.82, 2.24) is 4.98 Å². The SMILES string of the molecule is CCc1nc2c(cc1C(F)(F)F)CN(S(=O)(=O)c1ccc(C(F)(F)F)cc1)c1cc(C(C)C(C)O)ccc1N2. The number of fused-ring (bicyclic) bond motifs is 2. The van der Waals surface area contributed by atoms with E-state index >= 15 is 0 Å². The molecule has 0 saturated carbocycles. The summed E-state index contributed by atoms with van der Waals surface area (Å²) in [6.07, 6.45) is -10.3. The minimum atomic E-state index is -4.75. The number of aryl methyl sites for hydroxylation is 1. The van der Waals surface area contributed by atoms with Crippen molar-refractivity contribution < 1.29 is 39.9 Å². The molecule has 4 rings (SSSR count). The number of hydrogen-bond donors (Lipinski definition) is 2. The summed E-state index contributed by atoms with van der Waals surface area (Å²) in [5.41, 5.74) is -1.56. The van der Waals surface area contributed by atoms with Gasteiger partial charge >= 0.3 is 12.4 Å². The van der Waals surface area contributed by atoms with Crippen molar-refractivity contribution in [3.05, 3.63) is 76.5 Å². The minimum absolute atomic E-state index is 0.0301. The second kappa shape index (κ2) is 10.0. The monoisotopic (exact) mass is 573 g/mol. The number of aliphatic hydroxyl groups excluding tert-OH is 1. The number of halogens is 6. The lowest BCUT2D eigenvalue weighted by Crippen LogP contribution is -2.30. The number of alkyl halides is 6. The average Bonchev–Trinajstić information content (AvgIpc) is 3.02. The fourth-order valence-electron chi connectivity index (χ4n) is 4.28. The van der Waals surface area contributed by atoms with Crippen LogP contribution in [-0.2, 0) is 35.3 Å². The number of benzene rings is 2. The Kier molecular flexibility index (Phi) is 7.36. The van der Waals surface area contributed by atoms with Crippen LogP contribution in [0, 0.1) is 0 Å². The number of aliphatic hydroxyl groups is 1. The summed E-state index contributed by atoms with van der Waals surface area (Å²) in [4.78, 5) is 3.67. The van der Waals surface area contributed by atoms with Crippen LogP contribution in [0.25, 0.3) is 0 Å². The Morgan fingerprint density at radius 3 is 2.18 bits per heavy atom. The van der Waals surface area contributed by atoms with Gasteiger partial charge in [0, 0.05) is 11.5 Å². The topological polar surface area (TPSA) is 82.5 Å². The van der Waals surface area contributed by atoms with E-state index in [1.807, 2.05) is 0 Å². The molecule has 0 aliphatic carbocycles. The summed E-state index contributed by atoms with van der Waals surface area (Å²) in [6.45, 7) is 4.20. The van der Waals surface area contributed by atoms with E-state index < -0.39 is 57.0 Å². The quantitative estimate of drug-likeness (QED) is 0.336. The van der Waals surface area contributed by atoms with Crippen LogP contribution in [0.2, 0.25) is 0 Å². The van der Waals surface area contributed by atoms with E-state index in [0.717, 1.165) is 22.5 Å². The molecule has 0 fully saturated rings. The number of hydrogen-bond acceptors (Lipinski definition) is 5. The third-order valence-electron chi connectivity index (χ3n) is 6.70. The number of rotatable bonds is 5. The van der Waals surface area contributed by atoms with Gasteiger partial charge in [-0.2, -0.15) is 26.3 Å². The molecule has 2 aromatic carbocycles. The van der Waals surface area contributed by atoms with Crippen molar-refractivity contribution in [2.45, 2.75) is 63.0 Å². The van der Waals surface area contributed by atoms with Gasteiger partial charge in [0.15, 0.2) is 0 Å². The van der Waals surface area contributed by atoms with E-state index in [1.54, 1.807) is 19.9 Å². The maximum absolute atomic E-state index is 13.8. The van der Waals surface area contributed by atoms with Crippen molar-refractivity contribution in [3.63, 3.8) is 0 Å². The van der Waals surface area contributed by atoms with Gasteiger partial charge in [0.2, 0.25) is 0 Å². The largest absolute Gasteiger partial charge is 0.418 e. The van der Waals surface area contributed by atoms with Crippen LogP contribution in [0.15, 0.2) is 53.4 Å². The molecule has 0 bridgehead atoms. The van der Waals surface area contributed by atoms with E-state index in [2.05, 4.69) is 10.3 Å².